The third-order valence-electron chi connectivity index (χ3n) is 7.05. The summed E-state index contributed by atoms with van der Waals surface area (Å²) in [6.07, 6.45) is 0. The first-order valence-corrected chi connectivity index (χ1v) is 12.2. The van der Waals surface area contributed by atoms with Gasteiger partial charge in [-0.2, -0.15) is 0 Å². The number of aryl methyl sites for hydroxylation is 1. The average molecular weight is 466 g/mol. The van der Waals surface area contributed by atoms with E-state index >= 15 is 0 Å². The first kappa shape index (κ1) is 20.7. The Morgan fingerprint density at radius 3 is 2.31 bits per heavy atom. The van der Waals surface area contributed by atoms with E-state index in [1.165, 1.54) is 5.39 Å². The largest absolute Gasteiger partial charge is 0.508 e. The monoisotopic (exact) mass is 465 g/mol. The molecule has 0 amide bonds. The molecule has 1 N–H and O–H groups in total. The predicted octanol–water partition coefficient (Wildman–Crippen LogP) is 7.95. The van der Waals surface area contributed by atoms with Crippen LogP contribution in [0.2, 0.25) is 0 Å². The Bertz CT molecular complexity index is 1930. The van der Waals surface area contributed by atoms with Gasteiger partial charge >= 0.3 is 0 Å². The molecular weight excluding hydrogens is 442 g/mol. The van der Waals surface area contributed by atoms with Gasteiger partial charge in [-0.15, -0.1) is 0 Å². The number of imidazole rings is 1. The Balaban J connectivity index is 1.45. The van der Waals surface area contributed by atoms with Crippen LogP contribution in [0.3, 0.4) is 0 Å². The van der Waals surface area contributed by atoms with Crippen molar-refractivity contribution in [1.29, 1.82) is 0 Å². The fourth-order valence-electron chi connectivity index (χ4n) is 5.37. The molecule has 2 heterocycles. The van der Waals surface area contributed by atoms with E-state index in [-0.39, 0.29) is 5.75 Å². The molecule has 0 spiro atoms. The molecule has 0 radical (unpaired) electrons. The maximum atomic E-state index is 10.2. The zero-order valence-corrected chi connectivity index (χ0v) is 19.8. The number of phenols is 1. The number of hydrogen-bond acceptors (Lipinski definition) is 3. The molecule has 0 aliphatic heterocycles. The van der Waals surface area contributed by atoms with Gasteiger partial charge in [0.15, 0.2) is 0 Å². The highest BCUT2D eigenvalue weighted by molar-refractivity contribution is 6.22. The van der Waals surface area contributed by atoms with Crippen LogP contribution >= 0.6 is 0 Å². The molecule has 4 nitrogen and oxygen atoms in total. The number of rotatable bonds is 3. The summed E-state index contributed by atoms with van der Waals surface area (Å²) in [6, 6.07) is 34.9. The minimum atomic E-state index is 0.245. The minimum Gasteiger partial charge on any atom is -0.508 e. The molecule has 36 heavy (non-hydrogen) atoms. The Morgan fingerprint density at radius 2 is 1.44 bits per heavy atom. The van der Waals surface area contributed by atoms with Crippen LogP contribution in [0.15, 0.2) is 103 Å². The molecule has 4 heteroatoms. The van der Waals surface area contributed by atoms with Gasteiger partial charge in [-0.05, 0) is 48.0 Å². The van der Waals surface area contributed by atoms with Gasteiger partial charge in [-0.1, -0.05) is 72.8 Å². The average Bonchev–Trinajstić information content (AvgIpc) is 3.31. The summed E-state index contributed by atoms with van der Waals surface area (Å²) in [6.45, 7) is 3.01. The van der Waals surface area contributed by atoms with Crippen LogP contribution in [-0.2, 0) is 6.54 Å². The molecule has 0 fully saturated rings. The Hall–Kier alpha value is -4.70. The molecule has 0 unspecified atom stereocenters. The van der Waals surface area contributed by atoms with Crippen LogP contribution in [0, 0.1) is 0 Å². The smallest absolute Gasteiger partial charge is 0.141 e. The summed E-state index contributed by atoms with van der Waals surface area (Å²) in [5.74, 6) is 1.22. The number of pyridine rings is 1. The van der Waals surface area contributed by atoms with E-state index < -0.39 is 0 Å². The van der Waals surface area contributed by atoms with Crippen molar-refractivity contribution in [2.24, 2.45) is 0 Å². The number of aromatic hydroxyl groups is 1. The number of benzene rings is 5. The molecule has 7 aromatic rings. The maximum Gasteiger partial charge on any atom is 0.141 e. The van der Waals surface area contributed by atoms with Gasteiger partial charge in [0.1, 0.15) is 11.6 Å². The standard InChI is InChI=1S/C32H23N3O/c1-2-35-29-10-6-5-9-28(29)34-32(35)22-13-11-21(12-14-22)31-25-17-15-20-7-3-4-8-24(20)30(25)26-19-23(36)16-18-27(26)33-31/h3-19,36H,2H2,1H3. The molecule has 2 aromatic heterocycles. The van der Waals surface area contributed by atoms with E-state index in [0.29, 0.717) is 0 Å². The fourth-order valence-corrected chi connectivity index (χ4v) is 5.37. The SMILES string of the molecule is CCn1c(-c2ccc(-c3nc4ccc(O)cc4c4c3ccc3ccccc34)cc2)nc2ccccc21. The summed E-state index contributed by atoms with van der Waals surface area (Å²) in [7, 11) is 0. The van der Waals surface area contributed by atoms with Gasteiger partial charge in [0.05, 0.1) is 22.2 Å². The van der Waals surface area contributed by atoms with Gasteiger partial charge in [-0.3, -0.25) is 0 Å². The summed E-state index contributed by atoms with van der Waals surface area (Å²) in [5, 5.41) is 15.7. The van der Waals surface area contributed by atoms with Crippen molar-refractivity contribution in [3.8, 4) is 28.4 Å². The number of phenolic OH excluding ortho intramolecular Hbond substituents is 1. The van der Waals surface area contributed by atoms with Crippen molar-refractivity contribution in [3.63, 3.8) is 0 Å². The molecule has 0 aliphatic carbocycles. The second kappa shape index (κ2) is 7.92. The molecule has 172 valence electrons. The van der Waals surface area contributed by atoms with Crippen molar-refractivity contribution in [2.45, 2.75) is 13.5 Å². The van der Waals surface area contributed by atoms with Gasteiger partial charge in [0, 0.05) is 33.8 Å². The number of hydrogen-bond donors (Lipinski definition) is 1. The number of nitrogens with zero attached hydrogens (tertiary/aromatic N) is 3. The van der Waals surface area contributed by atoms with Crippen LogP contribution < -0.4 is 0 Å². The highest BCUT2D eigenvalue weighted by atomic mass is 16.3. The van der Waals surface area contributed by atoms with Crippen LogP contribution in [-0.4, -0.2) is 19.6 Å². The quantitative estimate of drug-likeness (QED) is 0.269. The van der Waals surface area contributed by atoms with Crippen molar-refractivity contribution in [1.82, 2.24) is 14.5 Å². The van der Waals surface area contributed by atoms with Crippen LogP contribution in [0.5, 0.6) is 5.75 Å². The van der Waals surface area contributed by atoms with Crippen LogP contribution in [0.1, 0.15) is 6.92 Å². The van der Waals surface area contributed by atoms with Crippen molar-refractivity contribution >= 4 is 43.5 Å². The lowest BCUT2D eigenvalue weighted by atomic mass is 9.95. The molecule has 7 rings (SSSR count). The molecule has 0 bridgehead atoms. The van der Waals surface area contributed by atoms with E-state index in [0.717, 1.165) is 67.3 Å². The zero-order chi connectivity index (χ0) is 24.2. The minimum absolute atomic E-state index is 0.245. The van der Waals surface area contributed by atoms with Crippen LogP contribution in [0.4, 0.5) is 0 Å². The normalized spacial score (nSPS) is 11.7. The second-order valence-electron chi connectivity index (χ2n) is 9.12. The lowest BCUT2D eigenvalue weighted by Gasteiger charge is -2.13. The van der Waals surface area contributed by atoms with Gasteiger partial charge in [0.25, 0.3) is 0 Å². The first-order valence-electron chi connectivity index (χ1n) is 12.2. The van der Waals surface area contributed by atoms with Gasteiger partial charge < -0.3 is 9.67 Å². The molecule has 0 saturated carbocycles. The van der Waals surface area contributed by atoms with E-state index in [9.17, 15) is 5.11 Å². The lowest BCUT2D eigenvalue weighted by Crippen LogP contribution is -1.97. The van der Waals surface area contributed by atoms with Crippen LogP contribution in [0.25, 0.3) is 66.1 Å². The Kier molecular flexibility index (Phi) is 4.55. The topological polar surface area (TPSA) is 50.9 Å². The predicted molar refractivity (Wildman–Crippen MR) is 148 cm³/mol. The maximum absolute atomic E-state index is 10.2. The van der Waals surface area contributed by atoms with Crippen molar-refractivity contribution < 1.29 is 5.11 Å². The van der Waals surface area contributed by atoms with Crippen molar-refractivity contribution in [3.05, 3.63) is 103 Å². The number of fused-ring (bicyclic) bond motifs is 6. The molecule has 0 aliphatic rings. The third kappa shape index (κ3) is 3.08. The Labute approximate surface area is 208 Å². The van der Waals surface area contributed by atoms with E-state index in [4.69, 9.17) is 9.97 Å². The number of para-hydroxylation sites is 2. The van der Waals surface area contributed by atoms with Gasteiger partial charge in [-0.25, -0.2) is 9.97 Å². The van der Waals surface area contributed by atoms with E-state index in [2.05, 4.69) is 90.4 Å². The fraction of sp³-hybridized carbons (Fsp3) is 0.0625. The summed E-state index contributed by atoms with van der Waals surface area (Å²) in [5.41, 5.74) is 6.09. The highest BCUT2D eigenvalue weighted by Crippen LogP contribution is 2.38. The van der Waals surface area contributed by atoms with Gasteiger partial charge in [0.2, 0.25) is 0 Å². The van der Waals surface area contributed by atoms with E-state index in [1.54, 1.807) is 6.07 Å². The zero-order valence-electron chi connectivity index (χ0n) is 19.8. The number of aromatic nitrogens is 3. The second-order valence-corrected chi connectivity index (χ2v) is 9.12. The first-order chi connectivity index (χ1) is 17.7. The molecule has 0 saturated heterocycles. The molecule has 0 atom stereocenters. The van der Waals surface area contributed by atoms with E-state index in [1.807, 2.05) is 18.2 Å². The summed E-state index contributed by atoms with van der Waals surface area (Å²) < 4.78 is 2.26. The molecular formula is C32H23N3O. The lowest BCUT2D eigenvalue weighted by molar-refractivity contribution is 0.476. The van der Waals surface area contributed by atoms with Crippen molar-refractivity contribution in [2.75, 3.05) is 0 Å². The molecule has 5 aromatic carbocycles. The third-order valence-corrected chi connectivity index (χ3v) is 7.05. The Morgan fingerprint density at radius 1 is 0.667 bits per heavy atom. The highest BCUT2D eigenvalue weighted by Gasteiger charge is 2.15. The summed E-state index contributed by atoms with van der Waals surface area (Å²) >= 11 is 0. The summed E-state index contributed by atoms with van der Waals surface area (Å²) in [4.78, 5) is 9.97.